The third kappa shape index (κ3) is 43.4. The van der Waals surface area contributed by atoms with Crippen LogP contribution in [-0.4, -0.2) is 37.2 Å². The summed E-state index contributed by atoms with van der Waals surface area (Å²) in [4.78, 5) is 37.7. The summed E-state index contributed by atoms with van der Waals surface area (Å²) in [6.07, 6.45) is 41.0. The second-order valence-corrected chi connectivity index (χ2v) is 17.7. The predicted octanol–water partition coefficient (Wildman–Crippen LogP) is 15.4. The Hall–Kier alpha value is -1.59. The molecule has 55 heavy (non-hydrogen) atoms. The van der Waals surface area contributed by atoms with E-state index in [2.05, 4.69) is 34.6 Å². The lowest BCUT2D eigenvalue weighted by molar-refractivity contribution is -0.167. The molecule has 0 amide bonds. The first-order valence-electron chi connectivity index (χ1n) is 24.2. The van der Waals surface area contributed by atoms with Gasteiger partial charge in [0.1, 0.15) is 13.2 Å². The van der Waals surface area contributed by atoms with Gasteiger partial charge in [0, 0.05) is 19.3 Å². The Bertz CT molecular complexity index is 839. The van der Waals surface area contributed by atoms with Gasteiger partial charge in [-0.3, -0.25) is 14.4 Å². The first-order valence-corrected chi connectivity index (χ1v) is 24.2. The Kier molecular flexibility index (Phi) is 40.8. The van der Waals surface area contributed by atoms with Crippen molar-refractivity contribution in [2.24, 2.45) is 11.8 Å². The summed E-state index contributed by atoms with van der Waals surface area (Å²) in [5, 5.41) is 0. The van der Waals surface area contributed by atoms with Crippen molar-refractivity contribution >= 4 is 17.9 Å². The molecule has 0 N–H and O–H groups in total. The van der Waals surface area contributed by atoms with E-state index in [1.807, 2.05) is 0 Å². The average molecular weight is 779 g/mol. The molecule has 0 heterocycles. The molecule has 0 aromatic rings. The molecular formula is C49H94O6. The summed E-state index contributed by atoms with van der Waals surface area (Å²) in [7, 11) is 0. The molecule has 0 saturated carbocycles. The first kappa shape index (κ1) is 53.4. The van der Waals surface area contributed by atoms with Crippen molar-refractivity contribution in [3.05, 3.63) is 0 Å². The highest BCUT2D eigenvalue weighted by Crippen LogP contribution is 2.17. The summed E-state index contributed by atoms with van der Waals surface area (Å²) in [5.41, 5.74) is 0. The molecule has 1 atom stereocenters. The Morgan fingerprint density at radius 1 is 0.345 bits per heavy atom. The molecule has 0 unspecified atom stereocenters. The van der Waals surface area contributed by atoms with Crippen LogP contribution >= 0.6 is 0 Å². The molecule has 326 valence electrons. The summed E-state index contributed by atoms with van der Waals surface area (Å²) < 4.78 is 16.7. The third-order valence-electron chi connectivity index (χ3n) is 11.0. The minimum Gasteiger partial charge on any atom is -0.462 e. The van der Waals surface area contributed by atoms with Crippen LogP contribution in [0.4, 0.5) is 0 Å². The van der Waals surface area contributed by atoms with Gasteiger partial charge in [-0.25, -0.2) is 0 Å². The van der Waals surface area contributed by atoms with Crippen LogP contribution in [0.25, 0.3) is 0 Å². The van der Waals surface area contributed by atoms with Gasteiger partial charge < -0.3 is 14.2 Å². The van der Waals surface area contributed by atoms with Crippen LogP contribution in [0.1, 0.15) is 266 Å². The van der Waals surface area contributed by atoms with Crippen LogP contribution in [0.3, 0.4) is 0 Å². The Morgan fingerprint density at radius 2 is 0.600 bits per heavy atom. The number of esters is 3. The summed E-state index contributed by atoms with van der Waals surface area (Å²) >= 11 is 0. The predicted molar refractivity (Wildman–Crippen MR) is 233 cm³/mol. The molecule has 0 aliphatic heterocycles. The lowest BCUT2D eigenvalue weighted by Gasteiger charge is -2.18. The molecule has 0 aromatic heterocycles. The molecule has 0 spiro atoms. The van der Waals surface area contributed by atoms with E-state index in [9.17, 15) is 14.4 Å². The van der Waals surface area contributed by atoms with E-state index in [1.54, 1.807) is 0 Å². The largest absolute Gasteiger partial charge is 0.462 e. The van der Waals surface area contributed by atoms with Crippen molar-refractivity contribution in [3.63, 3.8) is 0 Å². The maximum atomic E-state index is 12.7. The number of hydrogen-bond donors (Lipinski definition) is 0. The number of unbranched alkanes of at least 4 members (excludes halogenated alkanes) is 28. The number of carbonyl (C=O) groups excluding carboxylic acids is 3. The van der Waals surface area contributed by atoms with Crippen LogP contribution in [0.2, 0.25) is 0 Å². The molecule has 0 rings (SSSR count). The van der Waals surface area contributed by atoms with Gasteiger partial charge in [0.15, 0.2) is 6.10 Å². The van der Waals surface area contributed by atoms with Gasteiger partial charge >= 0.3 is 17.9 Å². The lowest BCUT2D eigenvalue weighted by Crippen LogP contribution is -2.30. The maximum absolute atomic E-state index is 12.7. The fourth-order valence-electron chi connectivity index (χ4n) is 7.28. The third-order valence-corrected chi connectivity index (χ3v) is 11.0. The van der Waals surface area contributed by atoms with Gasteiger partial charge in [0.2, 0.25) is 0 Å². The average Bonchev–Trinajstić information content (AvgIpc) is 3.15. The molecule has 0 bridgehead atoms. The van der Waals surface area contributed by atoms with E-state index in [4.69, 9.17) is 14.2 Å². The highest BCUT2D eigenvalue weighted by Gasteiger charge is 2.19. The number of ether oxygens (including phenoxy) is 3. The van der Waals surface area contributed by atoms with Crippen molar-refractivity contribution in [3.8, 4) is 0 Å². The maximum Gasteiger partial charge on any atom is 0.306 e. The zero-order chi connectivity index (χ0) is 40.5. The minimum absolute atomic E-state index is 0.0646. The van der Waals surface area contributed by atoms with Gasteiger partial charge in [-0.2, -0.15) is 0 Å². The van der Waals surface area contributed by atoms with Crippen LogP contribution < -0.4 is 0 Å². The van der Waals surface area contributed by atoms with Crippen LogP contribution in [0, 0.1) is 11.8 Å². The second-order valence-electron chi connectivity index (χ2n) is 17.7. The number of rotatable bonds is 43. The van der Waals surface area contributed by atoms with Gasteiger partial charge in [-0.05, 0) is 31.1 Å². The smallest absolute Gasteiger partial charge is 0.306 e. The zero-order valence-corrected chi connectivity index (χ0v) is 37.6. The normalized spacial score (nSPS) is 12.1. The van der Waals surface area contributed by atoms with E-state index < -0.39 is 6.10 Å². The molecule has 6 nitrogen and oxygen atoms in total. The van der Waals surface area contributed by atoms with E-state index in [0.29, 0.717) is 19.3 Å². The quantitative estimate of drug-likeness (QED) is 0.0348. The second kappa shape index (κ2) is 42.0. The monoisotopic (exact) mass is 779 g/mol. The highest BCUT2D eigenvalue weighted by atomic mass is 16.6. The molecule has 0 fully saturated rings. The molecule has 0 aliphatic rings. The Morgan fingerprint density at radius 3 is 0.891 bits per heavy atom. The van der Waals surface area contributed by atoms with Crippen molar-refractivity contribution < 1.29 is 28.6 Å². The van der Waals surface area contributed by atoms with E-state index in [0.717, 1.165) is 69.6 Å². The molecule has 0 aromatic carbocycles. The van der Waals surface area contributed by atoms with E-state index >= 15 is 0 Å². The molecular weight excluding hydrogens is 685 g/mol. The molecule has 6 heteroatoms. The first-order chi connectivity index (χ1) is 26.7. The van der Waals surface area contributed by atoms with E-state index in [-0.39, 0.29) is 31.1 Å². The van der Waals surface area contributed by atoms with Crippen LogP contribution in [0.15, 0.2) is 0 Å². The minimum atomic E-state index is -0.760. The molecule has 0 aliphatic carbocycles. The zero-order valence-electron chi connectivity index (χ0n) is 37.6. The lowest BCUT2D eigenvalue weighted by atomic mass is 10.0. The van der Waals surface area contributed by atoms with Crippen molar-refractivity contribution in [2.75, 3.05) is 13.2 Å². The van der Waals surface area contributed by atoms with Crippen molar-refractivity contribution in [2.45, 2.75) is 272 Å². The molecule has 0 radical (unpaired) electrons. The summed E-state index contributed by atoms with van der Waals surface area (Å²) in [6.45, 7) is 11.3. The fraction of sp³-hybridized carbons (Fsp3) is 0.939. The summed E-state index contributed by atoms with van der Waals surface area (Å²) in [6, 6.07) is 0. The fourth-order valence-corrected chi connectivity index (χ4v) is 7.28. The highest BCUT2D eigenvalue weighted by molar-refractivity contribution is 5.71. The Balaban J connectivity index is 4.24. The van der Waals surface area contributed by atoms with Crippen LogP contribution in [0.5, 0.6) is 0 Å². The topological polar surface area (TPSA) is 78.9 Å². The van der Waals surface area contributed by atoms with Gasteiger partial charge in [0.25, 0.3) is 0 Å². The van der Waals surface area contributed by atoms with Gasteiger partial charge in [0.05, 0.1) is 0 Å². The summed E-state index contributed by atoms with van der Waals surface area (Å²) in [5.74, 6) is 0.784. The molecule has 0 saturated heterocycles. The van der Waals surface area contributed by atoms with Crippen molar-refractivity contribution in [1.82, 2.24) is 0 Å². The standard InChI is InChI=1S/C49H94O6/c1-6-7-8-9-10-17-26-31-36-41-49(52)55-46(43-54-48(51)40-35-30-25-21-20-23-28-33-38-45(4)5)42-53-47(50)39-34-29-24-19-16-14-12-11-13-15-18-22-27-32-37-44(2)3/h44-46H,6-43H2,1-5H3/t46-/m0/s1. The Labute approximate surface area is 342 Å². The van der Waals surface area contributed by atoms with Crippen LogP contribution in [-0.2, 0) is 28.6 Å². The number of hydrogen-bond acceptors (Lipinski definition) is 6. The van der Waals surface area contributed by atoms with Gasteiger partial charge in [-0.15, -0.1) is 0 Å². The SMILES string of the molecule is CCCCCCCCCCCC(=O)O[C@@H](COC(=O)CCCCCCCCCCCCCCCCC(C)C)COC(=O)CCCCCCCCCCC(C)C. The van der Waals surface area contributed by atoms with E-state index in [1.165, 1.54) is 154 Å². The van der Waals surface area contributed by atoms with Gasteiger partial charge in [-0.1, -0.05) is 227 Å². The van der Waals surface area contributed by atoms with Crippen molar-refractivity contribution in [1.29, 1.82) is 0 Å². The number of carbonyl (C=O) groups is 3.